The molecule has 9 aromatic carbocycles. The first-order valence-corrected chi connectivity index (χ1v) is 26.7. The molecule has 0 radical (unpaired) electrons. The van der Waals surface area contributed by atoms with E-state index in [0.717, 1.165) is 5.56 Å². The monoisotopic (exact) mass is 914 g/mol. The number of anilines is 3. The Hall–Kier alpha value is -8.06. The quantitative estimate of drug-likeness (QED) is 0.152. The lowest BCUT2D eigenvalue weighted by Crippen LogP contribution is -2.53. The van der Waals surface area contributed by atoms with Gasteiger partial charge in [0.25, 0.3) is 0 Å². The molecule has 0 amide bonds. The van der Waals surface area contributed by atoms with Crippen LogP contribution >= 0.6 is 21.4 Å². The van der Waals surface area contributed by atoms with E-state index in [1.54, 1.807) is 36.4 Å². The fourth-order valence-corrected chi connectivity index (χ4v) is 19.7. The highest BCUT2D eigenvalue weighted by atomic mass is 31.2. The average molecular weight is 915 g/mol. The zero-order chi connectivity index (χ0) is 45.7. The molecular formula is C57H33N4O3P3. The molecule has 2 unspecified atom stereocenters. The average Bonchev–Trinajstić information content (AvgIpc) is 3.40. The summed E-state index contributed by atoms with van der Waals surface area (Å²) >= 11 is 0. The van der Waals surface area contributed by atoms with Crippen LogP contribution in [-0.4, -0.2) is 0 Å². The smallest absolute Gasteiger partial charge is 0.175 e. The Balaban J connectivity index is 1.33. The zero-order valence-electron chi connectivity index (χ0n) is 35.4. The van der Waals surface area contributed by atoms with Gasteiger partial charge in [-0.1, -0.05) is 127 Å². The van der Waals surface area contributed by atoms with E-state index in [1.807, 2.05) is 164 Å². The van der Waals surface area contributed by atoms with Crippen molar-refractivity contribution in [3.8, 4) is 51.6 Å². The Kier molecular flexibility index (Phi) is 9.05. The molecular weight excluding hydrogens is 882 g/mol. The minimum Gasteiger partial charge on any atom is -0.308 e. The highest BCUT2D eigenvalue weighted by Gasteiger charge is 2.56. The van der Waals surface area contributed by atoms with Crippen molar-refractivity contribution in [1.29, 1.82) is 15.8 Å². The second-order valence-electron chi connectivity index (χ2n) is 16.8. The minimum absolute atomic E-state index is 0.440. The first kappa shape index (κ1) is 40.4. The highest BCUT2D eigenvalue weighted by molar-refractivity contribution is 7.90. The van der Waals surface area contributed by atoms with E-state index in [9.17, 15) is 15.8 Å². The van der Waals surface area contributed by atoms with Crippen molar-refractivity contribution in [1.82, 2.24) is 0 Å². The van der Waals surface area contributed by atoms with Crippen molar-refractivity contribution >= 4 is 86.2 Å². The number of rotatable bonds is 6. The molecule has 0 fully saturated rings. The molecule has 3 heterocycles. The third-order valence-corrected chi connectivity index (χ3v) is 22.5. The van der Waals surface area contributed by atoms with Crippen molar-refractivity contribution in [2.24, 2.45) is 0 Å². The Morgan fingerprint density at radius 2 is 0.612 bits per heavy atom. The Labute approximate surface area is 387 Å². The van der Waals surface area contributed by atoms with Gasteiger partial charge in [-0.2, -0.15) is 15.8 Å². The van der Waals surface area contributed by atoms with E-state index < -0.39 is 21.4 Å². The van der Waals surface area contributed by atoms with Crippen LogP contribution in [0.15, 0.2) is 200 Å². The molecule has 10 heteroatoms. The van der Waals surface area contributed by atoms with Crippen LogP contribution in [0.3, 0.4) is 0 Å². The summed E-state index contributed by atoms with van der Waals surface area (Å²) in [6, 6.07) is 68.1. The Morgan fingerprint density at radius 3 is 0.925 bits per heavy atom. The standard InChI is InChI=1S/C57H33N4O3P3/c58-34-37-22-24-40(25-23-37)43-28-49-55-50(29-43)66(63,47-18-6-2-7-19-47)52-31-45(42-15-11-13-39(27-42)36-60)33-54-57(52)61(55)56-51(65(49,62)46-16-4-1-5-17-46)30-44(41-14-10-12-38(26-41)35-59)32-53(56)67(54,64)48-20-8-3-9-21-48/h1-33H. The van der Waals surface area contributed by atoms with Gasteiger partial charge in [0, 0.05) is 47.7 Å². The summed E-state index contributed by atoms with van der Waals surface area (Å²) in [5.41, 5.74) is 6.99. The molecule has 0 saturated carbocycles. The molecule has 0 aliphatic carbocycles. The second kappa shape index (κ2) is 15.0. The van der Waals surface area contributed by atoms with E-state index in [0.29, 0.717) is 109 Å². The second-order valence-corrected chi connectivity index (χ2v) is 24.9. The van der Waals surface area contributed by atoms with Gasteiger partial charge in [0.05, 0.1) is 52.0 Å². The molecule has 7 nitrogen and oxygen atoms in total. The molecule has 0 saturated heterocycles. The molecule has 67 heavy (non-hydrogen) atoms. The summed E-state index contributed by atoms with van der Waals surface area (Å²) < 4.78 is 52.4. The predicted octanol–water partition coefficient (Wildman–Crippen LogP) is 9.63. The topological polar surface area (TPSA) is 126 Å². The van der Waals surface area contributed by atoms with E-state index >= 15 is 13.7 Å². The highest BCUT2D eigenvalue weighted by Crippen LogP contribution is 2.66. The number of hydrogen-bond donors (Lipinski definition) is 0. The maximum atomic E-state index is 17.5. The SMILES string of the molecule is N#Cc1ccc(-c2cc3c4c(c2)P(=O)(c2ccccc2)c2cc(-c5cccc(C#N)c5)cc5c2N4c2c(cc(-c4cccc(C#N)c4)cc2P5(=O)c2ccccc2)P3(=O)c2ccccc2)cc1. The minimum atomic E-state index is -4.03. The molecule has 0 bridgehead atoms. The lowest BCUT2D eigenvalue weighted by atomic mass is 10.00. The largest absolute Gasteiger partial charge is 0.308 e. The summed E-state index contributed by atoms with van der Waals surface area (Å²) in [6.07, 6.45) is 0. The van der Waals surface area contributed by atoms with E-state index in [-0.39, 0.29) is 0 Å². The van der Waals surface area contributed by atoms with Gasteiger partial charge in [0.15, 0.2) is 21.4 Å². The van der Waals surface area contributed by atoms with E-state index in [1.165, 1.54) is 0 Å². The van der Waals surface area contributed by atoms with E-state index in [2.05, 4.69) is 23.1 Å². The van der Waals surface area contributed by atoms with Crippen molar-refractivity contribution in [3.05, 3.63) is 217 Å². The molecule has 314 valence electrons. The summed E-state index contributed by atoms with van der Waals surface area (Å²) in [6.45, 7) is 0. The van der Waals surface area contributed by atoms with Crippen LogP contribution in [0.1, 0.15) is 16.7 Å². The lowest BCUT2D eigenvalue weighted by Gasteiger charge is -2.49. The van der Waals surface area contributed by atoms with Crippen molar-refractivity contribution in [2.45, 2.75) is 0 Å². The number of nitrogens with zero attached hydrogens (tertiary/aromatic N) is 4. The fraction of sp³-hybridized carbons (Fsp3) is 0. The van der Waals surface area contributed by atoms with Crippen molar-refractivity contribution < 1.29 is 13.7 Å². The van der Waals surface area contributed by atoms with Crippen LogP contribution in [0.4, 0.5) is 17.1 Å². The Morgan fingerprint density at radius 1 is 0.299 bits per heavy atom. The van der Waals surface area contributed by atoms with Gasteiger partial charge >= 0.3 is 0 Å². The molecule has 9 aromatic rings. The summed E-state index contributed by atoms with van der Waals surface area (Å²) in [5, 5.41) is 34.4. The van der Waals surface area contributed by atoms with Crippen LogP contribution < -0.4 is 52.6 Å². The fourth-order valence-electron chi connectivity index (χ4n) is 10.2. The van der Waals surface area contributed by atoms with Crippen molar-refractivity contribution in [2.75, 3.05) is 4.90 Å². The predicted molar refractivity (Wildman–Crippen MR) is 270 cm³/mol. The number of benzene rings is 9. The summed E-state index contributed by atoms with van der Waals surface area (Å²) in [7, 11) is -12.1. The lowest BCUT2D eigenvalue weighted by molar-refractivity contribution is 0.592. The Bertz CT molecular complexity index is 3690. The summed E-state index contributed by atoms with van der Waals surface area (Å²) in [4.78, 5) is 2.09. The third-order valence-electron chi connectivity index (χ3n) is 13.3. The van der Waals surface area contributed by atoms with Crippen LogP contribution in [0.25, 0.3) is 33.4 Å². The van der Waals surface area contributed by atoms with Gasteiger partial charge in [-0.3, -0.25) is 0 Å². The van der Waals surface area contributed by atoms with E-state index in [4.69, 9.17) is 0 Å². The van der Waals surface area contributed by atoms with Gasteiger partial charge in [0.2, 0.25) is 0 Å². The molecule has 0 N–H and O–H groups in total. The van der Waals surface area contributed by atoms with Gasteiger partial charge in [-0.15, -0.1) is 0 Å². The van der Waals surface area contributed by atoms with Crippen molar-refractivity contribution in [3.63, 3.8) is 0 Å². The maximum absolute atomic E-state index is 17.5. The van der Waals surface area contributed by atoms with Gasteiger partial charge in [0.1, 0.15) is 0 Å². The van der Waals surface area contributed by atoms with Gasteiger partial charge in [-0.25, -0.2) is 0 Å². The molecule has 3 aliphatic heterocycles. The van der Waals surface area contributed by atoms with Crippen LogP contribution in [-0.2, 0) is 13.7 Å². The molecule has 12 rings (SSSR count). The molecule has 0 spiro atoms. The number of hydrogen-bond acceptors (Lipinski definition) is 7. The first-order valence-electron chi connectivity index (χ1n) is 21.6. The first-order chi connectivity index (χ1) is 32.7. The number of nitriles is 3. The van der Waals surface area contributed by atoms with Crippen LogP contribution in [0, 0.1) is 34.0 Å². The zero-order valence-corrected chi connectivity index (χ0v) is 38.1. The molecule has 0 aromatic heterocycles. The normalized spacial score (nSPS) is 19.0. The van der Waals surface area contributed by atoms with Crippen LogP contribution in [0.5, 0.6) is 0 Å². The van der Waals surface area contributed by atoms with Gasteiger partial charge in [-0.05, 0) is 106 Å². The maximum Gasteiger partial charge on any atom is 0.175 e. The van der Waals surface area contributed by atoms with Crippen LogP contribution in [0.2, 0.25) is 0 Å². The third kappa shape index (κ3) is 5.73. The molecule has 3 aliphatic rings. The summed E-state index contributed by atoms with van der Waals surface area (Å²) in [5.74, 6) is 0. The molecule has 2 atom stereocenters. The van der Waals surface area contributed by atoms with Gasteiger partial charge < -0.3 is 18.6 Å².